The van der Waals surface area contributed by atoms with Crippen molar-refractivity contribution >= 4 is 107 Å². The molecule has 0 spiro atoms. The summed E-state index contributed by atoms with van der Waals surface area (Å²) < 4.78 is 65.4. The van der Waals surface area contributed by atoms with Crippen molar-refractivity contribution < 1.29 is 95.0 Å². The molecule has 0 bridgehead atoms. The number of methoxy groups -OCH3 is 10. The number of carbonyl (C=O) groups is 8. The van der Waals surface area contributed by atoms with Crippen LogP contribution in [-0.4, -0.2) is 132 Å². The van der Waals surface area contributed by atoms with E-state index in [1.807, 2.05) is 95.7 Å². The molecule has 8 aromatic carbocycles. The minimum Gasteiger partial charge on any atom is -0.495 e. The maximum Gasteiger partial charge on any atom is 0.311 e. The van der Waals surface area contributed by atoms with Crippen LogP contribution in [0.4, 0.5) is 15.8 Å². The third-order valence-corrected chi connectivity index (χ3v) is 16.0. The number of nitrogens with one attached hydrogen (secondary N) is 1. The lowest BCUT2D eigenvalue weighted by atomic mass is 10.1. The van der Waals surface area contributed by atoms with Crippen molar-refractivity contribution in [3.05, 3.63) is 222 Å². The van der Waals surface area contributed by atoms with E-state index in [2.05, 4.69) is 37.5 Å². The van der Waals surface area contributed by atoms with Crippen molar-refractivity contribution in [3.8, 4) is 156 Å². The molecule has 0 amide bonds. The van der Waals surface area contributed by atoms with Crippen LogP contribution in [0.15, 0.2) is 156 Å². The predicted molar refractivity (Wildman–Crippen MR) is 434 cm³/mol. The van der Waals surface area contributed by atoms with Gasteiger partial charge < -0.3 is 62.7 Å². The molecule has 0 radical (unpaired) electrons. The first-order chi connectivity index (χ1) is 54.5. The number of rotatable bonds is 19. The lowest BCUT2D eigenvalue weighted by Crippen LogP contribution is -2.02. The lowest BCUT2D eigenvalue weighted by molar-refractivity contribution is -0.385. The SMILES string of the molecule is C#CC(=O)c1c[nH]c2ccccc12.C#CC(=O)c1cc(OC)c(OC)c(OC)c1.C#CC(=O)c1cc(OC)c(OC)c(OC)c1Br.C#CC(=O)c1ccc(OC)c(Cl)c1.C#CC(=O)c1ccc(OC)c(F)c1.C#CC(=O)c1ccc(OC)c(N)c1.C#CC(=O)c1ccc(OC)c([N+](=O)[O-])c1.C#CC(=O)c1cn(C)c2ccccc12. The average molecular weight is 1620 g/mol. The number of nitro benzene ring substituents is 1. The normalized spacial score (nSPS) is 9.28. The second-order valence-electron chi connectivity index (χ2n) is 21.4. The topological polar surface area (TPSA) is 319 Å². The molecule has 0 saturated carbocycles. The van der Waals surface area contributed by atoms with E-state index in [4.69, 9.17) is 111 Å². The zero-order chi connectivity index (χ0) is 85.5. The van der Waals surface area contributed by atoms with Crippen LogP contribution in [0.5, 0.6) is 57.5 Å². The highest BCUT2D eigenvalue weighted by Gasteiger charge is 2.23. The van der Waals surface area contributed by atoms with Gasteiger partial charge in [0.05, 0.1) is 108 Å². The van der Waals surface area contributed by atoms with Gasteiger partial charge in [0.15, 0.2) is 40.3 Å². The number of carbonyl (C=O) groups excluding carboxylic acids is 8. The fraction of sp³-hybridized carbons (Fsp3) is 0.126. The molecule has 0 fully saturated rings. The second kappa shape index (κ2) is 46.7. The number of nitrogens with two attached hydrogens (primary N) is 1. The zero-order valence-corrected chi connectivity index (χ0v) is 65.2. The smallest absolute Gasteiger partial charge is 0.311 e. The number of para-hydroxylation sites is 2. The molecule has 0 unspecified atom stereocenters. The predicted octanol–water partition coefficient (Wildman–Crippen LogP) is 14.1. The van der Waals surface area contributed by atoms with Crippen LogP contribution >= 0.6 is 27.5 Å². The van der Waals surface area contributed by atoms with Gasteiger partial charge in [-0.05, 0) is 160 Å². The summed E-state index contributed by atoms with van der Waals surface area (Å²) in [7, 11) is 16.4. The van der Waals surface area contributed by atoms with Gasteiger partial charge in [-0.3, -0.25) is 48.5 Å². The maximum absolute atomic E-state index is 13.0. The highest BCUT2D eigenvalue weighted by Crippen LogP contribution is 2.45. The molecule has 114 heavy (non-hydrogen) atoms. The van der Waals surface area contributed by atoms with Crippen molar-refractivity contribution in [2.45, 2.75) is 0 Å². The number of hydrogen-bond acceptors (Lipinski definition) is 21. The number of nitro groups is 1. The van der Waals surface area contributed by atoms with Gasteiger partial charge in [-0.15, -0.1) is 51.4 Å². The molecule has 24 nitrogen and oxygen atoms in total. The highest BCUT2D eigenvalue weighted by molar-refractivity contribution is 9.10. The van der Waals surface area contributed by atoms with E-state index in [0.29, 0.717) is 94.6 Å². The van der Waals surface area contributed by atoms with Crippen LogP contribution in [-0.2, 0) is 7.05 Å². The highest BCUT2D eigenvalue weighted by atomic mass is 79.9. The van der Waals surface area contributed by atoms with E-state index in [-0.39, 0.29) is 51.4 Å². The molecule has 10 aromatic rings. The number of aryl methyl sites for hydroxylation is 1. The van der Waals surface area contributed by atoms with Crippen molar-refractivity contribution in [2.75, 3.05) is 76.8 Å². The first-order valence-corrected chi connectivity index (χ1v) is 33.1. The number of benzene rings is 8. The number of Topliss-reactive ketones (excluding diaryl/α,β-unsaturated/α-hetero) is 8. The number of hydrogen-bond donors (Lipinski definition) is 2. The Hall–Kier alpha value is -15.4. The number of aromatic nitrogens is 2. The molecule has 0 aliphatic heterocycles. The fourth-order valence-electron chi connectivity index (χ4n) is 9.40. The summed E-state index contributed by atoms with van der Waals surface area (Å²) in [5, 5.41) is 12.8. The summed E-state index contributed by atoms with van der Waals surface area (Å²) in [6.07, 6.45) is 43.4. The third-order valence-electron chi connectivity index (χ3n) is 14.9. The summed E-state index contributed by atoms with van der Waals surface area (Å²) in [4.78, 5) is 103. The fourth-order valence-corrected chi connectivity index (χ4v) is 10.3. The summed E-state index contributed by atoms with van der Waals surface area (Å²) >= 11 is 9.05. The number of ether oxygens (including phenoxy) is 10. The average Bonchev–Trinajstić information content (AvgIpc) is 1.31. The van der Waals surface area contributed by atoms with Crippen LogP contribution in [0.2, 0.25) is 5.02 Å². The van der Waals surface area contributed by atoms with Crippen molar-refractivity contribution in [3.63, 3.8) is 0 Å². The number of H-pyrrole nitrogens is 1. The number of aromatic amines is 1. The van der Waals surface area contributed by atoms with Gasteiger partial charge in [0.2, 0.25) is 57.8 Å². The van der Waals surface area contributed by atoms with Crippen LogP contribution in [0.1, 0.15) is 82.9 Å². The quantitative estimate of drug-likeness (QED) is 0.0190. The summed E-state index contributed by atoms with van der Waals surface area (Å²) in [6.45, 7) is 0. The molecule has 10 rings (SSSR count). The van der Waals surface area contributed by atoms with E-state index < -0.39 is 33.9 Å². The monoisotopic (exact) mass is 1620 g/mol. The molecule has 578 valence electrons. The van der Waals surface area contributed by atoms with E-state index in [9.17, 15) is 52.9 Å². The number of nitrogens with zero attached hydrogens (tertiary/aromatic N) is 2. The van der Waals surface area contributed by atoms with E-state index in [1.165, 1.54) is 126 Å². The molecule has 0 aliphatic rings. The van der Waals surface area contributed by atoms with Gasteiger partial charge in [0, 0.05) is 75.1 Å². The molecule has 2 heterocycles. The second-order valence-corrected chi connectivity index (χ2v) is 22.6. The number of anilines is 1. The first-order valence-electron chi connectivity index (χ1n) is 31.9. The van der Waals surface area contributed by atoms with Gasteiger partial charge in [-0.1, -0.05) is 48.0 Å². The molecular weight excluding hydrogens is 1560 g/mol. The van der Waals surface area contributed by atoms with Gasteiger partial charge in [-0.25, -0.2) is 4.39 Å². The van der Waals surface area contributed by atoms with Crippen molar-refractivity contribution in [1.82, 2.24) is 9.55 Å². The summed E-state index contributed by atoms with van der Waals surface area (Å²) in [6, 6.07) is 36.8. The van der Waals surface area contributed by atoms with Crippen LogP contribution < -0.4 is 53.1 Å². The Morgan fingerprint density at radius 2 is 0.816 bits per heavy atom. The Labute approximate surface area is 669 Å². The van der Waals surface area contributed by atoms with Crippen molar-refractivity contribution in [1.29, 1.82) is 0 Å². The Morgan fingerprint density at radius 1 is 0.430 bits per heavy atom. The first kappa shape index (κ1) is 92.8. The molecule has 27 heteroatoms. The molecule has 2 aromatic heterocycles. The molecule has 0 aliphatic carbocycles. The zero-order valence-electron chi connectivity index (χ0n) is 62.8. The van der Waals surface area contributed by atoms with E-state index in [1.54, 1.807) is 36.7 Å². The Kier molecular flexibility index (Phi) is 38.0. The number of ketones is 8. The lowest BCUT2D eigenvalue weighted by Gasteiger charge is -2.15. The molecule has 0 saturated heterocycles. The minimum absolute atomic E-state index is 0.0913. The molecule has 0 atom stereocenters. The Morgan fingerprint density at radius 3 is 1.25 bits per heavy atom. The van der Waals surface area contributed by atoms with Crippen LogP contribution in [0.3, 0.4) is 0 Å². The molecular formula is C87H69BrClFN4O20. The largest absolute Gasteiger partial charge is 0.495 e. The standard InChI is InChI=1S/C12H11BrO4.C12H9NO.C12H12O4.C11H7NO.C10H7ClO2.C10H7FO2.C10H7NO4.C10H9NO2/c1-5-8(14)7-6-9(15-2)11(16-3)12(17-4)10(7)13;1-3-12(14)10-8-13(2)11-7-5-4-6-9(10)11;1-5-9(13)8-6-10(14-2)12(16-4)11(7-8)15-3;1-2-11(13)9-7-12-10-6-4-3-5-8(9)10;2*1-3-9(12)7-4-5-10(13-2)8(11)6-7;1-3-9(12)7-4-5-10(15-2)8(6-7)11(13)14;1-3-9(12)7-4-5-10(13-2)8(11)6-7/h1,6H,2-4H3;1,4-8H,2H3;1,6-7H,2-4H3;1,3-7,12H;2*1,4-6H,2H3;1,4-6H,2H3;1,4-6H,11H2,2H3. The summed E-state index contributed by atoms with van der Waals surface area (Å²) in [5.41, 5.74) is 10.5. The van der Waals surface area contributed by atoms with E-state index >= 15 is 0 Å². The van der Waals surface area contributed by atoms with Crippen molar-refractivity contribution in [2.24, 2.45) is 7.05 Å². The number of nitrogen functional groups attached to an aromatic ring is 1. The van der Waals surface area contributed by atoms with Gasteiger partial charge in [-0.2, -0.15) is 0 Å². The Balaban J connectivity index is 0.000000338. The van der Waals surface area contributed by atoms with Crippen LogP contribution in [0, 0.1) is 115 Å². The van der Waals surface area contributed by atoms with Gasteiger partial charge in [0.1, 0.15) is 11.5 Å². The van der Waals surface area contributed by atoms with Crippen LogP contribution in [0.25, 0.3) is 21.8 Å². The van der Waals surface area contributed by atoms with Gasteiger partial charge >= 0.3 is 5.69 Å². The number of terminal acetylenes is 8. The minimum atomic E-state index is -0.633. The summed E-state index contributed by atoms with van der Waals surface area (Å²) in [5.74, 6) is 15.8. The number of halogens is 3. The Bertz CT molecular complexity index is 5440. The maximum atomic E-state index is 13.0. The third kappa shape index (κ3) is 25.1. The number of fused-ring (bicyclic) bond motifs is 2. The molecule has 3 N–H and O–H groups in total. The van der Waals surface area contributed by atoms with E-state index in [0.717, 1.165) is 33.9 Å². The van der Waals surface area contributed by atoms with Gasteiger partial charge in [0.25, 0.3) is 0 Å².